The second kappa shape index (κ2) is 11.4. The number of ether oxygens (including phenoxy) is 2. The topological polar surface area (TPSA) is 54.9 Å². The van der Waals surface area contributed by atoms with Crippen LogP contribution in [-0.4, -0.2) is 32.8 Å². The zero-order valence-electron chi connectivity index (χ0n) is 14.9. The van der Waals surface area contributed by atoms with Gasteiger partial charge in [-0.1, -0.05) is 25.3 Å². The van der Waals surface area contributed by atoms with E-state index in [0.717, 1.165) is 29.6 Å². The van der Waals surface area contributed by atoms with Gasteiger partial charge in [0.05, 0.1) is 20.8 Å². The van der Waals surface area contributed by atoms with Crippen molar-refractivity contribution in [2.45, 2.75) is 51.6 Å². The highest BCUT2D eigenvalue weighted by molar-refractivity contribution is 14.0. The molecule has 0 amide bonds. The molecular formula is C18H30IN3O2. The number of nitrogens with one attached hydrogen (secondary N) is 2. The van der Waals surface area contributed by atoms with E-state index in [9.17, 15) is 0 Å². The molecule has 1 aliphatic rings. The number of halogens is 1. The zero-order chi connectivity index (χ0) is 16.5. The molecule has 0 unspecified atom stereocenters. The van der Waals surface area contributed by atoms with Gasteiger partial charge in [-0.3, -0.25) is 0 Å². The van der Waals surface area contributed by atoms with Crippen LogP contribution in [0, 0.1) is 0 Å². The fourth-order valence-corrected chi connectivity index (χ4v) is 2.91. The van der Waals surface area contributed by atoms with Gasteiger partial charge in [0.2, 0.25) is 0 Å². The molecule has 5 nitrogen and oxygen atoms in total. The summed E-state index contributed by atoms with van der Waals surface area (Å²) in [4.78, 5) is 4.71. The second-order valence-corrected chi connectivity index (χ2v) is 5.86. The highest BCUT2D eigenvalue weighted by Crippen LogP contribution is 2.27. The van der Waals surface area contributed by atoms with Crippen molar-refractivity contribution in [3.8, 4) is 11.5 Å². The smallest absolute Gasteiger partial charge is 0.191 e. The summed E-state index contributed by atoms with van der Waals surface area (Å²) in [6, 6.07) is 6.47. The summed E-state index contributed by atoms with van der Waals surface area (Å²) < 4.78 is 10.6. The minimum absolute atomic E-state index is 0. The van der Waals surface area contributed by atoms with Gasteiger partial charge in [0, 0.05) is 12.6 Å². The lowest BCUT2D eigenvalue weighted by Gasteiger charge is -2.24. The first-order chi connectivity index (χ1) is 11.3. The number of nitrogens with zero attached hydrogens (tertiary/aromatic N) is 1. The van der Waals surface area contributed by atoms with E-state index in [1.165, 1.54) is 32.1 Å². The van der Waals surface area contributed by atoms with E-state index in [0.29, 0.717) is 12.6 Å². The van der Waals surface area contributed by atoms with Gasteiger partial charge in [-0.05, 0) is 37.5 Å². The van der Waals surface area contributed by atoms with Crippen molar-refractivity contribution in [3.05, 3.63) is 23.8 Å². The Morgan fingerprint density at radius 2 is 1.83 bits per heavy atom. The first-order valence-corrected chi connectivity index (χ1v) is 8.52. The molecule has 0 atom stereocenters. The zero-order valence-corrected chi connectivity index (χ0v) is 17.3. The Kier molecular flexibility index (Phi) is 9.90. The standard InChI is InChI=1S/C18H29N3O2.HI/c1-4-19-18(21-15-8-6-5-7-9-15)20-13-14-10-11-16(22-2)17(12-14)23-3;/h10-12,15H,4-9,13H2,1-3H3,(H2,19,20,21);1H. The summed E-state index contributed by atoms with van der Waals surface area (Å²) >= 11 is 0. The molecule has 0 aliphatic heterocycles. The number of methoxy groups -OCH3 is 2. The van der Waals surface area contributed by atoms with E-state index in [1.54, 1.807) is 14.2 Å². The molecular weight excluding hydrogens is 417 g/mol. The SMILES string of the molecule is CCNC(=NCc1ccc(OC)c(OC)c1)NC1CCCCC1.I. The normalized spacial score (nSPS) is 15.4. The Balaban J connectivity index is 0.00000288. The van der Waals surface area contributed by atoms with Crippen LogP contribution in [-0.2, 0) is 6.54 Å². The van der Waals surface area contributed by atoms with Crippen LogP contribution in [0.1, 0.15) is 44.6 Å². The summed E-state index contributed by atoms with van der Waals surface area (Å²) in [7, 11) is 3.30. The van der Waals surface area contributed by atoms with E-state index in [-0.39, 0.29) is 24.0 Å². The number of benzene rings is 1. The number of hydrogen-bond acceptors (Lipinski definition) is 3. The summed E-state index contributed by atoms with van der Waals surface area (Å²) in [6.07, 6.45) is 6.46. The lowest BCUT2D eigenvalue weighted by atomic mass is 9.96. The number of hydrogen-bond donors (Lipinski definition) is 2. The fourth-order valence-electron chi connectivity index (χ4n) is 2.91. The molecule has 6 heteroatoms. The Morgan fingerprint density at radius 3 is 2.46 bits per heavy atom. The van der Waals surface area contributed by atoms with Crippen LogP contribution in [0.25, 0.3) is 0 Å². The van der Waals surface area contributed by atoms with Crippen LogP contribution in [0.2, 0.25) is 0 Å². The Labute approximate surface area is 162 Å². The predicted molar refractivity (Wildman–Crippen MR) is 110 cm³/mol. The van der Waals surface area contributed by atoms with Gasteiger partial charge in [-0.25, -0.2) is 4.99 Å². The van der Waals surface area contributed by atoms with E-state index in [4.69, 9.17) is 14.5 Å². The average Bonchev–Trinajstić information content (AvgIpc) is 2.60. The molecule has 2 N–H and O–H groups in total. The van der Waals surface area contributed by atoms with Crippen LogP contribution in [0.5, 0.6) is 11.5 Å². The van der Waals surface area contributed by atoms with Crippen LogP contribution >= 0.6 is 24.0 Å². The van der Waals surface area contributed by atoms with Crippen LogP contribution < -0.4 is 20.1 Å². The first-order valence-electron chi connectivity index (χ1n) is 8.52. The van der Waals surface area contributed by atoms with Gasteiger partial charge in [-0.15, -0.1) is 24.0 Å². The maximum atomic E-state index is 5.35. The molecule has 1 aromatic rings. The fraction of sp³-hybridized carbons (Fsp3) is 0.611. The molecule has 0 heterocycles. The summed E-state index contributed by atoms with van der Waals surface area (Å²) in [5.74, 6) is 2.38. The van der Waals surface area contributed by atoms with Crippen LogP contribution in [0.15, 0.2) is 23.2 Å². The third-order valence-corrected chi connectivity index (χ3v) is 4.16. The third-order valence-electron chi connectivity index (χ3n) is 4.16. The Hall–Kier alpha value is -1.18. The molecule has 2 rings (SSSR count). The molecule has 1 aromatic carbocycles. The maximum absolute atomic E-state index is 5.35. The van der Waals surface area contributed by atoms with Crippen LogP contribution in [0.4, 0.5) is 0 Å². The predicted octanol–water partition coefficient (Wildman–Crippen LogP) is 3.71. The van der Waals surface area contributed by atoms with Crippen molar-refractivity contribution in [1.29, 1.82) is 0 Å². The third kappa shape index (κ3) is 6.37. The molecule has 0 saturated heterocycles. The van der Waals surface area contributed by atoms with Gasteiger partial charge in [0.1, 0.15) is 0 Å². The van der Waals surface area contributed by atoms with Gasteiger partial charge in [0.25, 0.3) is 0 Å². The minimum atomic E-state index is 0. The molecule has 0 radical (unpaired) electrons. The lowest BCUT2D eigenvalue weighted by Crippen LogP contribution is -2.44. The average molecular weight is 447 g/mol. The lowest BCUT2D eigenvalue weighted by molar-refractivity contribution is 0.354. The van der Waals surface area contributed by atoms with Crippen molar-refractivity contribution < 1.29 is 9.47 Å². The largest absolute Gasteiger partial charge is 0.493 e. The molecule has 0 aromatic heterocycles. The molecule has 1 aliphatic carbocycles. The van der Waals surface area contributed by atoms with Crippen molar-refractivity contribution in [3.63, 3.8) is 0 Å². The van der Waals surface area contributed by atoms with E-state index in [1.807, 2.05) is 18.2 Å². The van der Waals surface area contributed by atoms with Crippen molar-refractivity contribution in [2.24, 2.45) is 4.99 Å². The molecule has 24 heavy (non-hydrogen) atoms. The summed E-state index contributed by atoms with van der Waals surface area (Å²) in [5, 5.41) is 6.90. The maximum Gasteiger partial charge on any atom is 0.191 e. The second-order valence-electron chi connectivity index (χ2n) is 5.86. The van der Waals surface area contributed by atoms with Gasteiger partial charge >= 0.3 is 0 Å². The Morgan fingerprint density at radius 1 is 1.12 bits per heavy atom. The number of rotatable bonds is 6. The van der Waals surface area contributed by atoms with Gasteiger partial charge < -0.3 is 20.1 Å². The van der Waals surface area contributed by atoms with Gasteiger partial charge in [-0.2, -0.15) is 0 Å². The highest BCUT2D eigenvalue weighted by Gasteiger charge is 2.14. The van der Waals surface area contributed by atoms with E-state index < -0.39 is 0 Å². The van der Waals surface area contributed by atoms with Crippen molar-refractivity contribution in [2.75, 3.05) is 20.8 Å². The van der Waals surface area contributed by atoms with E-state index in [2.05, 4.69) is 17.6 Å². The first kappa shape index (κ1) is 20.9. The Bertz CT molecular complexity index is 517. The molecule has 1 saturated carbocycles. The molecule has 0 spiro atoms. The van der Waals surface area contributed by atoms with E-state index >= 15 is 0 Å². The molecule has 136 valence electrons. The van der Waals surface area contributed by atoms with Crippen LogP contribution in [0.3, 0.4) is 0 Å². The minimum Gasteiger partial charge on any atom is -0.493 e. The van der Waals surface area contributed by atoms with Crippen molar-refractivity contribution in [1.82, 2.24) is 10.6 Å². The summed E-state index contributed by atoms with van der Waals surface area (Å²) in [5.41, 5.74) is 1.10. The number of guanidine groups is 1. The molecule has 0 bridgehead atoms. The quantitative estimate of drug-likeness (QED) is 0.397. The number of aliphatic imine (C=N–C) groups is 1. The summed E-state index contributed by atoms with van der Waals surface area (Å²) in [6.45, 7) is 3.57. The monoisotopic (exact) mass is 447 g/mol. The molecule has 1 fully saturated rings. The van der Waals surface area contributed by atoms with Gasteiger partial charge in [0.15, 0.2) is 17.5 Å². The van der Waals surface area contributed by atoms with Crippen molar-refractivity contribution >= 4 is 29.9 Å². The highest BCUT2D eigenvalue weighted by atomic mass is 127.